The number of carbonyl (C=O) groups excluding carboxylic acids is 2. The smallest absolute Gasteiger partial charge is 0.328 e. The highest BCUT2D eigenvalue weighted by Gasteiger charge is 2.18. The molecule has 0 aromatic rings. The van der Waals surface area contributed by atoms with Crippen molar-refractivity contribution >= 4 is 18.0 Å². The van der Waals surface area contributed by atoms with Crippen LogP contribution in [0.2, 0.25) is 0 Å². The molecule has 0 aliphatic carbocycles. The van der Waals surface area contributed by atoms with Gasteiger partial charge in [-0.25, -0.2) is 9.59 Å². The van der Waals surface area contributed by atoms with E-state index in [2.05, 4.69) is 15.4 Å². The Kier molecular flexibility index (Phi) is 6.69. The third-order valence-electron chi connectivity index (χ3n) is 2.25. The molecule has 0 rings (SSSR count). The van der Waals surface area contributed by atoms with Gasteiger partial charge in [-0.3, -0.25) is 4.79 Å². The summed E-state index contributed by atoms with van der Waals surface area (Å²) in [7, 11) is 1.22. The molecule has 2 unspecified atom stereocenters. The summed E-state index contributed by atoms with van der Waals surface area (Å²) in [6.45, 7) is 3.21. The van der Waals surface area contributed by atoms with Gasteiger partial charge in [0.25, 0.3) is 0 Å². The minimum absolute atomic E-state index is 0.0194. The minimum atomic E-state index is -0.964. The van der Waals surface area contributed by atoms with Crippen LogP contribution in [0.3, 0.4) is 0 Å². The molecule has 0 radical (unpaired) electrons. The number of ether oxygens (including phenoxy) is 1. The van der Waals surface area contributed by atoms with Crippen molar-refractivity contribution in [3.8, 4) is 0 Å². The second-order valence-corrected chi connectivity index (χ2v) is 3.54. The van der Waals surface area contributed by atoms with Crippen LogP contribution in [0, 0.1) is 5.92 Å². The van der Waals surface area contributed by atoms with Crippen LogP contribution in [0.25, 0.3) is 0 Å². The van der Waals surface area contributed by atoms with Crippen LogP contribution in [0.15, 0.2) is 0 Å². The van der Waals surface area contributed by atoms with E-state index >= 15 is 0 Å². The van der Waals surface area contributed by atoms with Crippen molar-refractivity contribution in [2.45, 2.75) is 26.3 Å². The molecule has 7 heteroatoms. The SMILES string of the molecule is CCC(CNC(=O)NC(C)C(=O)OC)C(=O)O. The van der Waals surface area contributed by atoms with Gasteiger partial charge in [0.15, 0.2) is 0 Å². The fourth-order valence-electron chi connectivity index (χ4n) is 1.11. The normalized spacial score (nSPS) is 13.4. The maximum Gasteiger partial charge on any atom is 0.328 e. The van der Waals surface area contributed by atoms with Crippen molar-refractivity contribution < 1.29 is 24.2 Å². The number of aliphatic carboxylic acids is 1. The molecular weight excluding hydrogens is 228 g/mol. The Hall–Kier alpha value is -1.79. The molecule has 0 aromatic carbocycles. The molecule has 0 spiro atoms. The van der Waals surface area contributed by atoms with E-state index in [1.54, 1.807) is 6.92 Å². The number of urea groups is 1. The first-order valence-electron chi connectivity index (χ1n) is 5.27. The monoisotopic (exact) mass is 246 g/mol. The zero-order valence-corrected chi connectivity index (χ0v) is 10.1. The fraction of sp³-hybridized carbons (Fsp3) is 0.700. The van der Waals surface area contributed by atoms with Gasteiger partial charge in [0.05, 0.1) is 13.0 Å². The number of nitrogens with one attached hydrogen (secondary N) is 2. The van der Waals surface area contributed by atoms with Crippen molar-refractivity contribution in [2.75, 3.05) is 13.7 Å². The first kappa shape index (κ1) is 15.2. The standard InChI is InChI=1S/C10H18N2O5/c1-4-7(8(13)14)5-11-10(16)12-6(2)9(15)17-3/h6-7H,4-5H2,1-3H3,(H,13,14)(H2,11,12,16). The number of hydrogen-bond donors (Lipinski definition) is 3. The van der Waals surface area contributed by atoms with Gasteiger partial charge in [0, 0.05) is 6.54 Å². The molecule has 2 amide bonds. The van der Waals surface area contributed by atoms with Gasteiger partial charge < -0.3 is 20.5 Å². The maximum atomic E-state index is 11.3. The lowest BCUT2D eigenvalue weighted by molar-refractivity contribution is -0.143. The molecule has 0 bridgehead atoms. The van der Waals surface area contributed by atoms with Crippen molar-refractivity contribution in [1.29, 1.82) is 0 Å². The quantitative estimate of drug-likeness (QED) is 0.570. The van der Waals surface area contributed by atoms with Gasteiger partial charge in [-0.2, -0.15) is 0 Å². The number of carboxylic acid groups (broad SMARTS) is 1. The topological polar surface area (TPSA) is 105 Å². The summed E-state index contributed by atoms with van der Waals surface area (Å²) in [5, 5.41) is 13.5. The second-order valence-electron chi connectivity index (χ2n) is 3.54. The Morgan fingerprint density at radius 2 is 1.94 bits per heavy atom. The predicted molar refractivity (Wildman–Crippen MR) is 59.4 cm³/mol. The van der Waals surface area contributed by atoms with E-state index in [1.807, 2.05) is 0 Å². The lowest BCUT2D eigenvalue weighted by atomic mass is 10.1. The van der Waals surface area contributed by atoms with Gasteiger partial charge in [-0.15, -0.1) is 0 Å². The van der Waals surface area contributed by atoms with E-state index < -0.39 is 29.9 Å². The molecular formula is C10H18N2O5. The molecule has 0 aromatic heterocycles. The maximum absolute atomic E-state index is 11.3. The molecule has 0 aliphatic heterocycles. The molecule has 0 saturated heterocycles. The summed E-state index contributed by atoms with van der Waals surface area (Å²) in [6, 6.07) is -1.37. The number of hydrogen-bond acceptors (Lipinski definition) is 4. The highest BCUT2D eigenvalue weighted by molar-refractivity contribution is 5.83. The Morgan fingerprint density at radius 3 is 2.35 bits per heavy atom. The third-order valence-corrected chi connectivity index (χ3v) is 2.25. The van der Waals surface area contributed by atoms with Crippen LogP contribution >= 0.6 is 0 Å². The van der Waals surface area contributed by atoms with E-state index in [0.717, 1.165) is 0 Å². The number of carboxylic acids is 1. The van der Waals surface area contributed by atoms with Gasteiger partial charge in [-0.1, -0.05) is 6.92 Å². The van der Waals surface area contributed by atoms with Crippen LogP contribution < -0.4 is 10.6 Å². The highest BCUT2D eigenvalue weighted by Crippen LogP contribution is 2.00. The van der Waals surface area contributed by atoms with Crippen LogP contribution in [-0.4, -0.2) is 42.8 Å². The highest BCUT2D eigenvalue weighted by atomic mass is 16.5. The minimum Gasteiger partial charge on any atom is -0.481 e. The number of amides is 2. The Morgan fingerprint density at radius 1 is 1.35 bits per heavy atom. The molecule has 0 heterocycles. The fourth-order valence-corrected chi connectivity index (χ4v) is 1.11. The summed E-state index contributed by atoms with van der Waals surface area (Å²) in [5.74, 6) is -2.16. The number of rotatable bonds is 6. The van der Waals surface area contributed by atoms with Crippen molar-refractivity contribution in [2.24, 2.45) is 5.92 Å². The van der Waals surface area contributed by atoms with E-state index in [4.69, 9.17) is 5.11 Å². The van der Waals surface area contributed by atoms with Crippen LogP contribution in [0.4, 0.5) is 4.79 Å². The van der Waals surface area contributed by atoms with E-state index in [1.165, 1.54) is 14.0 Å². The Bertz CT molecular complexity index is 292. The van der Waals surface area contributed by atoms with E-state index in [-0.39, 0.29) is 6.54 Å². The van der Waals surface area contributed by atoms with Crippen LogP contribution in [0.1, 0.15) is 20.3 Å². The second kappa shape index (κ2) is 7.48. The third kappa shape index (κ3) is 5.74. The van der Waals surface area contributed by atoms with Crippen molar-refractivity contribution in [1.82, 2.24) is 10.6 Å². The Labute approximate surface area is 99.5 Å². The van der Waals surface area contributed by atoms with Crippen LogP contribution in [-0.2, 0) is 14.3 Å². The number of esters is 1. The zero-order valence-electron chi connectivity index (χ0n) is 10.1. The van der Waals surface area contributed by atoms with Gasteiger partial charge in [0.2, 0.25) is 0 Å². The van der Waals surface area contributed by atoms with Gasteiger partial charge in [-0.05, 0) is 13.3 Å². The molecule has 7 nitrogen and oxygen atoms in total. The average molecular weight is 246 g/mol. The van der Waals surface area contributed by atoms with Crippen molar-refractivity contribution in [3.63, 3.8) is 0 Å². The summed E-state index contributed by atoms with van der Waals surface area (Å²) in [4.78, 5) is 33.0. The van der Waals surface area contributed by atoms with Crippen LogP contribution in [0.5, 0.6) is 0 Å². The van der Waals surface area contributed by atoms with Gasteiger partial charge >= 0.3 is 18.0 Å². The summed E-state index contributed by atoms with van der Waals surface area (Å²) >= 11 is 0. The van der Waals surface area contributed by atoms with E-state index in [0.29, 0.717) is 6.42 Å². The Balaban J connectivity index is 4.02. The zero-order chi connectivity index (χ0) is 13.4. The number of carbonyl (C=O) groups is 3. The largest absolute Gasteiger partial charge is 0.481 e. The molecule has 2 atom stereocenters. The summed E-state index contributed by atoms with van der Waals surface area (Å²) in [6.07, 6.45) is 0.419. The first-order valence-corrected chi connectivity index (χ1v) is 5.27. The molecule has 98 valence electrons. The molecule has 0 fully saturated rings. The predicted octanol–water partition coefficient (Wildman–Crippen LogP) is -0.0421. The van der Waals surface area contributed by atoms with Crippen molar-refractivity contribution in [3.05, 3.63) is 0 Å². The number of methoxy groups -OCH3 is 1. The van der Waals surface area contributed by atoms with E-state index in [9.17, 15) is 14.4 Å². The molecule has 17 heavy (non-hydrogen) atoms. The summed E-state index contributed by atoms with van der Waals surface area (Å²) in [5.41, 5.74) is 0. The molecule has 0 aliphatic rings. The lowest BCUT2D eigenvalue weighted by Gasteiger charge is -2.14. The van der Waals surface area contributed by atoms with Gasteiger partial charge in [0.1, 0.15) is 6.04 Å². The molecule has 3 N–H and O–H groups in total. The molecule has 0 saturated carbocycles. The lowest BCUT2D eigenvalue weighted by Crippen LogP contribution is -2.46. The average Bonchev–Trinajstić information content (AvgIpc) is 2.28. The first-order chi connectivity index (χ1) is 7.92. The summed E-state index contributed by atoms with van der Waals surface area (Å²) < 4.78 is 4.42.